The van der Waals surface area contributed by atoms with Crippen molar-refractivity contribution < 1.29 is 4.79 Å². The highest BCUT2D eigenvalue weighted by molar-refractivity contribution is 5.73. The number of nitrogens with zero attached hydrogens (tertiary/aromatic N) is 1. The van der Waals surface area contributed by atoms with Gasteiger partial charge in [0.05, 0.1) is 0 Å². The Morgan fingerprint density at radius 2 is 1.91 bits per heavy atom. The molecular weight excluding hydrogens is 272 g/mol. The molecule has 0 aliphatic carbocycles. The second-order valence-electron chi connectivity index (χ2n) is 6.77. The second kappa shape index (κ2) is 7.28. The van der Waals surface area contributed by atoms with Crippen LogP contribution in [0.3, 0.4) is 0 Å². The van der Waals surface area contributed by atoms with Crippen molar-refractivity contribution in [2.45, 2.75) is 60.0 Å². The van der Waals surface area contributed by atoms with Crippen LogP contribution in [0.5, 0.6) is 0 Å². The van der Waals surface area contributed by atoms with E-state index in [1.165, 1.54) is 22.3 Å². The highest BCUT2D eigenvalue weighted by atomic mass is 16.2. The maximum Gasteiger partial charge on any atom is 0.219 e. The zero-order valence-electron chi connectivity index (χ0n) is 14.7. The van der Waals surface area contributed by atoms with Crippen LogP contribution in [-0.2, 0) is 11.3 Å². The van der Waals surface area contributed by atoms with E-state index in [2.05, 4.69) is 45.1 Å². The minimum atomic E-state index is 0.210. The van der Waals surface area contributed by atoms with Crippen LogP contribution >= 0.6 is 0 Å². The number of benzene rings is 1. The average Bonchev–Trinajstić information content (AvgIpc) is 2.49. The molecule has 1 N–H and O–H groups in total. The minimum absolute atomic E-state index is 0.210. The van der Waals surface area contributed by atoms with Gasteiger partial charge in [-0.15, -0.1) is 0 Å². The molecule has 0 radical (unpaired) electrons. The first-order valence-corrected chi connectivity index (χ1v) is 8.48. The standard InChI is InChI=1S/C19H30N2O/c1-6-17-12-21(16(5)22)8-7-19(17)20-11-18-10-14(3)13(2)9-15(18)4/h9-10,17,19-20H,6-8,11-12H2,1-5H3/t17-,19-/m1/s1. The lowest BCUT2D eigenvalue weighted by Crippen LogP contribution is -2.50. The van der Waals surface area contributed by atoms with Gasteiger partial charge in [0.25, 0.3) is 0 Å². The Labute approximate surface area is 135 Å². The number of aryl methyl sites for hydroxylation is 3. The Hall–Kier alpha value is -1.35. The first-order valence-electron chi connectivity index (χ1n) is 8.48. The van der Waals surface area contributed by atoms with Gasteiger partial charge < -0.3 is 10.2 Å². The van der Waals surface area contributed by atoms with E-state index in [-0.39, 0.29) is 5.91 Å². The maximum absolute atomic E-state index is 11.6. The number of carbonyl (C=O) groups is 1. The van der Waals surface area contributed by atoms with Crippen LogP contribution in [0.1, 0.15) is 48.9 Å². The molecule has 3 nitrogen and oxygen atoms in total. The van der Waals surface area contributed by atoms with Gasteiger partial charge in [0.15, 0.2) is 0 Å². The van der Waals surface area contributed by atoms with Crippen molar-refractivity contribution >= 4 is 5.91 Å². The summed E-state index contributed by atoms with van der Waals surface area (Å²) in [6.45, 7) is 13.2. The van der Waals surface area contributed by atoms with Crippen LogP contribution in [0.4, 0.5) is 0 Å². The van der Waals surface area contributed by atoms with Crippen LogP contribution in [-0.4, -0.2) is 29.9 Å². The summed E-state index contributed by atoms with van der Waals surface area (Å²) >= 11 is 0. The molecule has 2 atom stereocenters. The summed E-state index contributed by atoms with van der Waals surface area (Å²) in [5, 5.41) is 3.75. The van der Waals surface area contributed by atoms with E-state index < -0.39 is 0 Å². The highest BCUT2D eigenvalue weighted by Gasteiger charge is 2.28. The summed E-state index contributed by atoms with van der Waals surface area (Å²) in [5.74, 6) is 0.770. The summed E-state index contributed by atoms with van der Waals surface area (Å²) < 4.78 is 0. The van der Waals surface area contributed by atoms with Gasteiger partial charge in [0, 0.05) is 32.6 Å². The molecule has 1 aromatic carbocycles. The number of piperidine rings is 1. The van der Waals surface area contributed by atoms with E-state index in [1.54, 1.807) is 6.92 Å². The first kappa shape index (κ1) is 17.0. The summed E-state index contributed by atoms with van der Waals surface area (Å²) in [6.07, 6.45) is 2.18. The fraction of sp³-hybridized carbons (Fsp3) is 0.632. The zero-order valence-corrected chi connectivity index (χ0v) is 14.7. The number of hydrogen-bond acceptors (Lipinski definition) is 2. The SMILES string of the molecule is CC[C@@H]1CN(C(C)=O)CC[C@H]1NCc1cc(C)c(C)cc1C. The molecule has 2 rings (SSSR count). The summed E-state index contributed by atoms with van der Waals surface area (Å²) in [7, 11) is 0. The van der Waals surface area contributed by atoms with Crippen molar-refractivity contribution in [3.63, 3.8) is 0 Å². The Bertz CT molecular complexity index is 538. The van der Waals surface area contributed by atoms with Crippen molar-refractivity contribution in [1.82, 2.24) is 10.2 Å². The molecule has 3 heteroatoms. The van der Waals surface area contributed by atoms with Gasteiger partial charge >= 0.3 is 0 Å². The van der Waals surface area contributed by atoms with Crippen LogP contribution in [0.15, 0.2) is 12.1 Å². The van der Waals surface area contributed by atoms with E-state index >= 15 is 0 Å². The average molecular weight is 302 g/mol. The van der Waals surface area contributed by atoms with E-state index in [4.69, 9.17) is 0 Å². The third-order valence-corrected chi connectivity index (χ3v) is 5.21. The first-order chi connectivity index (χ1) is 10.4. The number of nitrogens with one attached hydrogen (secondary N) is 1. The molecule has 1 heterocycles. The molecule has 1 aliphatic rings. The lowest BCUT2D eigenvalue weighted by Gasteiger charge is -2.38. The number of rotatable bonds is 4. The van der Waals surface area contributed by atoms with Crippen LogP contribution in [0.2, 0.25) is 0 Å². The van der Waals surface area contributed by atoms with Crippen LogP contribution in [0.25, 0.3) is 0 Å². The minimum Gasteiger partial charge on any atom is -0.343 e. The molecule has 22 heavy (non-hydrogen) atoms. The fourth-order valence-corrected chi connectivity index (χ4v) is 3.45. The summed E-state index contributed by atoms with van der Waals surface area (Å²) in [4.78, 5) is 13.6. The van der Waals surface area contributed by atoms with Crippen molar-refractivity contribution in [3.05, 3.63) is 34.4 Å². The summed E-state index contributed by atoms with van der Waals surface area (Å²) in [5.41, 5.74) is 5.49. The summed E-state index contributed by atoms with van der Waals surface area (Å²) in [6, 6.07) is 5.10. The smallest absolute Gasteiger partial charge is 0.219 e. The van der Waals surface area contributed by atoms with Crippen molar-refractivity contribution in [2.75, 3.05) is 13.1 Å². The molecule has 0 saturated carbocycles. The van der Waals surface area contributed by atoms with E-state index in [1.807, 2.05) is 4.90 Å². The number of likely N-dealkylation sites (tertiary alicyclic amines) is 1. The largest absolute Gasteiger partial charge is 0.343 e. The molecule has 122 valence electrons. The molecule has 0 unspecified atom stereocenters. The molecule has 1 saturated heterocycles. The zero-order chi connectivity index (χ0) is 16.3. The molecule has 0 aromatic heterocycles. The Kier molecular flexibility index (Phi) is 5.63. The number of amides is 1. The number of hydrogen-bond donors (Lipinski definition) is 1. The quantitative estimate of drug-likeness (QED) is 0.925. The maximum atomic E-state index is 11.6. The predicted molar refractivity (Wildman–Crippen MR) is 91.9 cm³/mol. The molecule has 1 fully saturated rings. The molecule has 1 amide bonds. The molecular formula is C19H30N2O. The van der Waals surface area contributed by atoms with Gasteiger partial charge in [0.1, 0.15) is 0 Å². The molecule has 0 bridgehead atoms. The van der Waals surface area contributed by atoms with E-state index in [0.717, 1.165) is 32.5 Å². The lowest BCUT2D eigenvalue weighted by molar-refractivity contribution is -0.131. The van der Waals surface area contributed by atoms with E-state index in [0.29, 0.717) is 12.0 Å². The van der Waals surface area contributed by atoms with Gasteiger partial charge in [-0.3, -0.25) is 4.79 Å². The van der Waals surface area contributed by atoms with Gasteiger partial charge in [-0.25, -0.2) is 0 Å². The van der Waals surface area contributed by atoms with E-state index in [9.17, 15) is 4.79 Å². The van der Waals surface area contributed by atoms with Crippen molar-refractivity contribution in [1.29, 1.82) is 0 Å². The Morgan fingerprint density at radius 3 is 2.55 bits per heavy atom. The Balaban J connectivity index is 1.99. The van der Waals surface area contributed by atoms with Crippen molar-refractivity contribution in [3.8, 4) is 0 Å². The monoisotopic (exact) mass is 302 g/mol. The fourth-order valence-electron chi connectivity index (χ4n) is 3.45. The number of carbonyl (C=O) groups excluding carboxylic acids is 1. The van der Waals surface area contributed by atoms with Gasteiger partial charge in [0.2, 0.25) is 5.91 Å². The molecule has 1 aliphatic heterocycles. The second-order valence-corrected chi connectivity index (χ2v) is 6.77. The van der Waals surface area contributed by atoms with Gasteiger partial charge in [-0.2, -0.15) is 0 Å². The third-order valence-electron chi connectivity index (χ3n) is 5.21. The van der Waals surface area contributed by atoms with Crippen LogP contribution < -0.4 is 5.32 Å². The Morgan fingerprint density at radius 1 is 1.23 bits per heavy atom. The topological polar surface area (TPSA) is 32.3 Å². The van der Waals surface area contributed by atoms with Gasteiger partial charge in [-0.05, 0) is 55.4 Å². The van der Waals surface area contributed by atoms with Gasteiger partial charge in [-0.1, -0.05) is 25.5 Å². The molecule has 1 aromatic rings. The normalized spacial score (nSPS) is 22.0. The predicted octanol–water partition coefficient (Wildman–Crippen LogP) is 3.35. The molecule has 0 spiro atoms. The van der Waals surface area contributed by atoms with Crippen LogP contribution in [0, 0.1) is 26.7 Å². The highest BCUT2D eigenvalue weighted by Crippen LogP contribution is 2.22. The lowest BCUT2D eigenvalue weighted by atomic mass is 9.89. The third kappa shape index (κ3) is 3.89. The van der Waals surface area contributed by atoms with Crippen molar-refractivity contribution in [2.24, 2.45) is 5.92 Å².